The van der Waals surface area contributed by atoms with Crippen LogP contribution < -0.4 is 10.1 Å². The second-order valence-electron chi connectivity index (χ2n) is 7.57. The Morgan fingerprint density at radius 1 is 0.966 bits per heavy atom. The summed E-state index contributed by atoms with van der Waals surface area (Å²) < 4.78 is 6.02. The lowest BCUT2D eigenvalue weighted by atomic mass is 9.85. The molecule has 0 radical (unpaired) electrons. The van der Waals surface area contributed by atoms with Crippen molar-refractivity contribution in [3.63, 3.8) is 0 Å². The molecule has 3 aromatic carbocycles. The summed E-state index contributed by atoms with van der Waals surface area (Å²) in [5.41, 5.74) is 4.05. The molecule has 0 aromatic heterocycles. The van der Waals surface area contributed by atoms with Crippen molar-refractivity contribution in [1.29, 1.82) is 0 Å². The van der Waals surface area contributed by atoms with E-state index in [2.05, 4.69) is 5.32 Å². The molecule has 0 bridgehead atoms. The first-order valence-corrected chi connectivity index (χ1v) is 9.82. The highest BCUT2D eigenvalue weighted by atomic mass is 16.5. The van der Waals surface area contributed by atoms with Crippen LogP contribution >= 0.6 is 0 Å². The highest BCUT2D eigenvalue weighted by molar-refractivity contribution is 5.98. The maximum atomic E-state index is 13.1. The third-order valence-electron chi connectivity index (χ3n) is 5.34. The van der Waals surface area contributed by atoms with Crippen molar-refractivity contribution < 1.29 is 14.3 Å². The van der Waals surface area contributed by atoms with Crippen molar-refractivity contribution in [1.82, 2.24) is 0 Å². The highest BCUT2D eigenvalue weighted by Crippen LogP contribution is 2.45. The van der Waals surface area contributed by atoms with Crippen LogP contribution in [0.25, 0.3) is 0 Å². The Balaban J connectivity index is 1.66. The third-order valence-corrected chi connectivity index (χ3v) is 5.34. The smallest absolute Gasteiger partial charge is 0.225 e. The first kappa shape index (κ1) is 18.9. The number of hydrogen-bond acceptors (Lipinski definition) is 3. The van der Waals surface area contributed by atoms with Gasteiger partial charge in [0.15, 0.2) is 6.29 Å². The van der Waals surface area contributed by atoms with E-state index >= 15 is 0 Å². The van der Waals surface area contributed by atoms with Crippen LogP contribution in [0.15, 0.2) is 66.7 Å². The fraction of sp³-hybridized carbons (Fsp3) is 0.200. The van der Waals surface area contributed by atoms with Gasteiger partial charge in [-0.15, -0.1) is 0 Å². The molecular formula is C25H23NO3. The molecule has 0 fully saturated rings. The van der Waals surface area contributed by atoms with Gasteiger partial charge < -0.3 is 10.1 Å². The first-order valence-electron chi connectivity index (χ1n) is 9.82. The Bertz CT molecular complexity index is 1030. The van der Waals surface area contributed by atoms with Gasteiger partial charge in [0, 0.05) is 29.0 Å². The quantitative estimate of drug-likeness (QED) is 0.557. The van der Waals surface area contributed by atoms with Gasteiger partial charge in [-0.3, -0.25) is 9.59 Å². The van der Waals surface area contributed by atoms with Crippen LogP contribution in [0.1, 0.15) is 59.2 Å². The average molecular weight is 385 g/mol. The monoisotopic (exact) mass is 385 g/mol. The third kappa shape index (κ3) is 3.66. The molecule has 0 atom stereocenters. The number of nitrogens with one attached hydrogen (secondary N) is 1. The molecule has 1 amide bonds. The first-order chi connectivity index (χ1) is 14.1. The standard InChI is InChI=1S/C25H23NO3/c1-16(2)18-11-7-8-17(15-27)25(18)26-24(28)14-21-19-9-3-5-12-22(19)29-23-13-6-4-10-20(21)23/h3-13,15-16,21H,14H2,1-2H3,(H,26,28). The van der Waals surface area contributed by atoms with Crippen molar-refractivity contribution >= 4 is 17.9 Å². The summed E-state index contributed by atoms with van der Waals surface area (Å²) in [6.07, 6.45) is 1.06. The molecule has 3 aromatic rings. The minimum atomic E-state index is -0.127. The second-order valence-corrected chi connectivity index (χ2v) is 7.57. The molecule has 0 aliphatic carbocycles. The maximum absolute atomic E-state index is 13.1. The zero-order chi connectivity index (χ0) is 20.4. The fourth-order valence-electron chi connectivity index (χ4n) is 3.92. The van der Waals surface area contributed by atoms with E-state index in [1.54, 1.807) is 6.07 Å². The Kier molecular flexibility index (Phi) is 5.17. The summed E-state index contributed by atoms with van der Waals surface area (Å²) in [6.45, 7) is 4.09. The van der Waals surface area contributed by atoms with Crippen molar-refractivity contribution in [2.24, 2.45) is 0 Å². The van der Waals surface area contributed by atoms with Crippen LogP contribution in [0.4, 0.5) is 5.69 Å². The largest absolute Gasteiger partial charge is 0.457 e. The number of carbonyl (C=O) groups is 2. The Hall–Kier alpha value is -3.40. The second kappa shape index (κ2) is 7.92. The summed E-state index contributed by atoms with van der Waals surface area (Å²) in [4.78, 5) is 24.6. The van der Waals surface area contributed by atoms with E-state index in [0.717, 1.165) is 34.5 Å². The minimum absolute atomic E-state index is 0.109. The van der Waals surface area contributed by atoms with E-state index in [-0.39, 0.29) is 24.2 Å². The fourth-order valence-corrected chi connectivity index (χ4v) is 3.92. The van der Waals surface area contributed by atoms with Crippen LogP contribution in [-0.2, 0) is 4.79 Å². The van der Waals surface area contributed by atoms with Crippen LogP contribution in [0, 0.1) is 0 Å². The number of rotatable bonds is 5. The Morgan fingerprint density at radius 3 is 2.17 bits per heavy atom. The van der Waals surface area contributed by atoms with Gasteiger partial charge in [0.2, 0.25) is 5.91 Å². The van der Waals surface area contributed by atoms with Gasteiger partial charge in [0.25, 0.3) is 0 Å². The number of aldehydes is 1. The molecule has 146 valence electrons. The van der Waals surface area contributed by atoms with Crippen molar-refractivity contribution in [2.75, 3.05) is 5.32 Å². The van der Waals surface area contributed by atoms with Crippen molar-refractivity contribution in [2.45, 2.75) is 32.1 Å². The van der Waals surface area contributed by atoms with Gasteiger partial charge in [-0.25, -0.2) is 0 Å². The Labute approximate surface area is 170 Å². The number of para-hydroxylation sites is 3. The molecule has 0 spiro atoms. The molecule has 29 heavy (non-hydrogen) atoms. The lowest BCUT2D eigenvalue weighted by molar-refractivity contribution is -0.116. The topological polar surface area (TPSA) is 55.4 Å². The van der Waals surface area contributed by atoms with Crippen LogP contribution in [0.3, 0.4) is 0 Å². The number of ether oxygens (including phenoxy) is 1. The number of hydrogen-bond donors (Lipinski definition) is 1. The van der Waals surface area contributed by atoms with E-state index < -0.39 is 0 Å². The van der Waals surface area contributed by atoms with E-state index in [1.165, 1.54) is 0 Å². The van der Waals surface area contributed by atoms with Crippen molar-refractivity contribution in [3.8, 4) is 11.5 Å². The number of benzene rings is 3. The SMILES string of the molecule is CC(C)c1cccc(C=O)c1NC(=O)CC1c2ccccc2Oc2ccccc21. The van der Waals surface area contributed by atoms with Crippen LogP contribution in [0.2, 0.25) is 0 Å². The summed E-state index contributed by atoms with van der Waals surface area (Å²) in [6, 6.07) is 21.2. The summed E-state index contributed by atoms with van der Waals surface area (Å²) in [7, 11) is 0. The van der Waals surface area contributed by atoms with Gasteiger partial charge in [-0.2, -0.15) is 0 Å². The zero-order valence-corrected chi connectivity index (χ0v) is 16.5. The zero-order valence-electron chi connectivity index (χ0n) is 16.5. The van der Waals surface area contributed by atoms with E-state index in [4.69, 9.17) is 4.74 Å². The summed E-state index contributed by atoms with van der Waals surface area (Å²) in [5, 5.41) is 3.01. The number of fused-ring (bicyclic) bond motifs is 2. The molecule has 0 unspecified atom stereocenters. The van der Waals surface area contributed by atoms with Crippen molar-refractivity contribution in [3.05, 3.63) is 89.0 Å². The van der Waals surface area contributed by atoms with Crippen LogP contribution in [0.5, 0.6) is 11.5 Å². The van der Waals surface area contributed by atoms with Crippen LogP contribution in [-0.4, -0.2) is 12.2 Å². The summed E-state index contributed by atoms with van der Waals surface area (Å²) >= 11 is 0. The van der Waals surface area contributed by atoms with Gasteiger partial charge in [-0.1, -0.05) is 62.4 Å². The molecule has 0 saturated carbocycles. The molecule has 4 rings (SSSR count). The van der Waals surface area contributed by atoms with Gasteiger partial charge >= 0.3 is 0 Å². The molecule has 1 N–H and O–H groups in total. The number of carbonyl (C=O) groups excluding carboxylic acids is 2. The minimum Gasteiger partial charge on any atom is -0.457 e. The highest BCUT2D eigenvalue weighted by Gasteiger charge is 2.29. The van der Waals surface area contributed by atoms with E-state index in [1.807, 2.05) is 74.5 Å². The molecule has 1 aliphatic heterocycles. The molecule has 0 saturated heterocycles. The number of amides is 1. The molecule has 4 nitrogen and oxygen atoms in total. The normalized spacial score (nSPS) is 12.7. The van der Waals surface area contributed by atoms with E-state index in [0.29, 0.717) is 11.3 Å². The average Bonchev–Trinajstić information content (AvgIpc) is 2.73. The van der Waals surface area contributed by atoms with Gasteiger partial charge in [-0.05, 0) is 29.7 Å². The van der Waals surface area contributed by atoms with Gasteiger partial charge in [0.1, 0.15) is 11.5 Å². The molecular weight excluding hydrogens is 362 g/mol. The molecule has 4 heteroatoms. The Morgan fingerprint density at radius 2 is 1.59 bits per heavy atom. The predicted molar refractivity (Wildman–Crippen MR) is 114 cm³/mol. The maximum Gasteiger partial charge on any atom is 0.225 e. The lowest BCUT2D eigenvalue weighted by Crippen LogP contribution is -2.20. The predicted octanol–water partition coefficient (Wildman–Crippen LogP) is 5.89. The molecule has 1 heterocycles. The van der Waals surface area contributed by atoms with E-state index in [9.17, 15) is 9.59 Å². The number of anilines is 1. The molecule has 1 aliphatic rings. The lowest BCUT2D eigenvalue weighted by Gasteiger charge is -2.28. The summed E-state index contributed by atoms with van der Waals surface area (Å²) in [5.74, 6) is 1.51. The van der Waals surface area contributed by atoms with Gasteiger partial charge in [0.05, 0.1) is 5.69 Å².